The molecule has 1 aliphatic rings. The van der Waals surface area contributed by atoms with Gasteiger partial charge in [-0.05, 0) is 29.2 Å². The number of nitrogens with zero attached hydrogens (tertiary/aromatic N) is 1. The summed E-state index contributed by atoms with van der Waals surface area (Å²) in [5.74, 6) is 2.16. The van der Waals surface area contributed by atoms with Gasteiger partial charge < -0.3 is 19.7 Å². The van der Waals surface area contributed by atoms with E-state index < -0.39 is 0 Å². The first kappa shape index (κ1) is 11.0. The molecule has 1 aliphatic heterocycles. The lowest BCUT2D eigenvalue weighted by Crippen LogP contribution is -1.94. The zero-order valence-electron chi connectivity index (χ0n) is 10.3. The second-order valence-corrected chi connectivity index (χ2v) is 4.55. The van der Waals surface area contributed by atoms with Crippen LogP contribution in [0.1, 0.15) is 25.3 Å². The Kier molecular flexibility index (Phi) is 2.40. The number of benzene rings is 1. The summed E-state index contributed by atoms with van der Waals surface area (Å²) in [7, 11) is 0. The van der Waals surface area contributed by atoms with Gasteiger partial charge in [0.15, 0.2) is 11.5 Å². The quantitative estimate of drug-likeness (QED) is 0.882. The normalized spacial score (nSPS) is 13.3. The van der Waals surface area contributed by atoms with Crippen molar-refractivity contribution in [2.24, 2.45) is 0 Å². The van der Waals surface area contributed by atoms with Crippen LogP contribution in [-0.2, 0) is 0 Å². The zero-order valence-corrected chi connectivity index (χ0v) is 10.3. The van der Waals surface area contributed by atoms with E-state index in [1.165, 1.54) is 0 Å². The maximum absolute atomic E-state index is 5.79. The van der Waals surface area contributed by atoms with E-state index in [1.807, 2.05) is 12.1 Å². The van der Waals surface area contributed by atoms with Crippen molar-refractivity contribution in [2.45, 2.75) is 19.8 Å². The molecular weight excluding hydrogens is 232 g/mol. The number of hydrogen-bond donors (Lipinski definition) is 1. The molecule has 0 radical (unpaired) electrons. The molecule has 94 valence electrons. The van der Waals surface area contributed by atoms with E-state index in [-0.39, 0.29) is 6.79 Å². The van der Waals surface area contributed by atoms with Crippen molar-refractivity contribution < 1.29 is 14.0 Å². The summed E-state index contributed by atoms with van der Waals surface area (Å²) in [6, 6.07) is 3.93. The first-order chi connectivity index (χ1) is 8.66. The molecule has 0 saturated heterocycles. The van der Waals surface area contributed by atoms with Gasteiger partial charge in [0, 0.05) is 0 Å². The molecular formula is C13H14N2O3. The van der Waals surface area contributed by atoms with Crippen LogP contribution in [0.5, 0.6) is 11.5 Å². The summed E-state index contributed by atoms with van der Waals surface area (Å²) < 4.78 is 15.7. The fourth-order valence-electron chi connectivity index (χ4n) is 2.12. The molecule has 2 aromatic rings. The molecule has 0 atom stereocenters. The minimum absolute atomic E-state index is 0.259. The third kappa shape index (κ3) is 1.59. The molecule has 18 heavy (non-hydrogen) atoms. The lowest BCUT2D eigenvalue weighted by molar-refractivity contribution is 0.174. The van der Waals surface area contributed by atoms with E-state index in [1.54, 1.807) is 6.20 Å². The molecule has 5 heteroatoms. The highest BCUT2D eigenvalue weighted by molar-refractivity contribution is 5.77. The maximum atomic E-state index is 5.79. The van der Waals surface area contributed by atoms with Crippen LogP contribution in [0, 0.1) is 0 Å². The SMILES string of the molecule is CC(C)c1cc2c(cc1-c1cnoc1N)OCO2. The van der Waals surface area contributed by atoms with Crippen LogP contribution in [0.25, 0.3) is 11.1 Å². The van der Waals surface area contributed by atoms with Gasteiger partial charge in [0.05, 0.1) is 11.8 Å². The predicted molar refractivity (Wildman–Crippen MR) is 66.6 cm³/mol. The Labute approximate surface area is 104 Å². The average molecular weight is 246 g/mol. The summed E-state index contributed by atoms with van der Waals surface area (Å²) >= 11 is 0. The molecule has 2 heterocycles. The lowest BCUT2D eigenvalue weighted by atomic mass is 9.93. The van der Waals surface area contributed by atoms with Crippen LogP contribution in [0.15, 0.2) is 22.9 Å². The number of hydrogen-bond acceptors (Lipinski definition) is 5. The highest BCUT2D eigenvalue weighted by Gasteiger charge is 2.21. The first-order valence-corrected chi connectivity index (χ1v) is 5.81. The molecule has 0 saturated carbocycles. The zero-order chi connectivity index (χ0) is 12.7. The number of nitrogens with two attached hydrogens (primary N) is 1. The molecule has 1 aromatic carbocycles. The van der Waals surface area contributed by atoms with Crippen LogP contribution in [0.3, 0.4) is 0 Å². The largest absolute Gasteiger partial charge is 0.454 e. The van der Waals surface area contributed by atoms with Gasteiger partial charge >= 0.3 is 0 Å². The van der Waals surface area contributed by atoms with Gasteiger partial charge in [-0.2, -0.15) is 0 Å². The molecule has 0 fully saturated rings. The smallest absolute Gasteiger partial charge is 0.231 e. The fraction of sp³-hybridized carbons (Fsp3) is 0.308. The predicted octanol–water partition coefficient (Wildman–Crippen LogP) is 2.78. The van der Waals surface area contributed by atoms with Crippen LogP contribution >= 0.6 is 0 Å². The second-order valence-electron chi connectivity index (χ2n) is 4.55. The summed E-state index contributed by atoms with van der Waals surface area (Å²) in [6.07, 6.45) is 1.62. The lowest BCUT2D eigenvalue weighted by Gasteiger charge is -2.12. The van der Waals surface area contributed by atoms with E-state index in [9.17, 15) is 0 Å². The van der Waals surface area contributed by atoms with Crippen molar-refractivity contribution in [3.05, 3.63) is 23.9 Å². The van der Waals surface area contributed by atoms with Gasteiger partial charge in [0.25, 0.3) is 0 Å². The Morgan fingerprint density at radius 2 is 1.89 bits per heavy atom. The standard InChI is InChI=1S/C13H14N2O3/c1-7(2)8-3-11-12(17-6-16-11)4-9(8)10-5-15-18-13(10)14/h3-5,7H,6,14H2,1-2H3. The van der Waals surface area contributed by atoms with E-state index in [0.29, 0.717) is 11.8 Å². The number of ether oxygens (including phenoxy) is 2. The second kappa shape index (κ2) is 3.94. The van der Waals surface area contributed by atoms with Crippen LogP contribution in [-0.4, -0.2) is 11.9 Å². The van der Waals surface area contributed by atoms with Crippen LogP contribution in [0.2, 0.25) is 0 Å². The Hall–Kier alpha value is -2.17. The Morgan fingerprint density at radius 3 is 2.50 bits per heavy atom. The summed E-state index contributed by atoms with van der Waals surface area (Å²) in [5.41, 5.74) is 8.69. The monoisotopic (exact) mass is 246 g/mol. The third-order valence-corrected chi connectivity index (χ3v) is 3.06. The number of rotatable bonds is 2. The van der Waals surface area contributed by atoms with Crippen molar-refractivity contribution in [1.82, 2.24) is 5.16 Å². The van der Waals surface area contributed by atoms with E-state index >= 15 is 0 Å². The molecule has 0 amide bonds. The fourth-order valence-corrected chi connectivity index (χ4v) is 2.12. The van der Waals surface area contributed by atoms with Gasteiger partial charge in [0.1, 0.15) is 0 Å². The molecule has 1 aromatic heterocycles. The maximum Gasteiger partial charge on any atom is 0.231 e. The van der Waals surface area contributed by atoms with Crippen molar-refractivity contribution in [2.75, 3.05) is 12.5 Å². The van der Waals surface area contributed by atoms with Crippen LogP contribution in [0.4, 0.5) is 5.88 Å². The first-order valence-electron chi connectivity index (χ1n) is 5.81. The average Bonchev–Trinajstić information content (AvgIpc) is 2.94. The molecule has 0 aliphatic carbocycles. The molecule has 5 nitrogen and oxygen atoms in total. The van der Waals surface area contributed by atoms with E-state index in [4.69, 9.17) is 19.7 Å². The van der Waals surface area contributed by atoms with Crippen LogP contribution < -0.4 is 15.2 Å². The summed E-state index contributed by atoms with van der Waals surface area (Å²) in [4.78, 5) is 0. The Morgan fingerprint density at radius 1 is 1.17 bits per heavy atom. The molecule has 0 bridgehead atoms. The highest BCUT2D eigenvalue weighted by Crippen LogP contribution is 2.42. The topological polar surface area (TPSA) is 70.5 Å². The van der Waals surface area contributed by atoms with E-state index in [0.717, 1.165) is 28.2 Å². The van der Waals surface area contributed by atoms with Crippen molar-refractivity contribution >= 4 is 5.88 Å². The summed E-state index contributed by atoms with van der Waals surface area (Å²) in [6.45, 7) is 4.49. The Bertz CT molecular complexity index is 590. The molecule has 0 spiro atoms. The molecule has 3 rings (SSSR count). The number of aromatic nitrogens is 1. The van der Waals surface area contributed by atoms with Gasteiger partial charge in [0.2, 0.25) is 12.7 Å². The van der Waals surface area contributed by atoms with Crippen molar-refractivity contribution in [3.63, 3.8) is 0 Å². The number of anilines is 1. The molecule has 2 N–H and O–H groups in total. The minimum atomic E-state index is 0.259. The third-order valence-electron chi connectivity index (χ3n) is 3.06. The van der Waals surface area contributed by atoms with E-state index in [2.05, 4.69) is 19.0 Å². The number of fused-ring (bicyclic) bond motifs is 1. The molecule has 0 unspecified atom stereocenters. The van der Waals surface area contributed by atoms with Gasteiger partial charge in [-0.3, -0.25) is 0 Å². The van der Waals surface area contributed by atoms with Gasteiger partial charge in [-0.25, -0.2) is 0 Å². The Balaban J connectivity index is 2.21. The van der Waals surface area contributed by atoms with Gasteiger partial charge in [-0.15, -0.1) is 0 Å². The van der Waals surface area contributed by atoms with Gasteiger partial charge in [-0.1, -0.05) is 19.0 Å². The van der Waals surface area contributed by atoms with Crippen molar-refractivity contribution in [3.8, 4) is 22.6 Å². The minimum Gasteiger partial charge on any atom is -0.454 e. The van der Waals surface area contributed by atoms with Crippen molar-refractivity contribution in [1.29, 1.82) is 0 Å². The number of nitrogen functional groups attached to an aromatic ring is 1. The highest BCUT2D eigenvalue weighted by atomic mass is 16.7. The summed E-state index contributed by atoms with van der Waals surface area (Å²) in [5, 5.41) is 3.72.